The lowest BCUT2D eigenvalue weighted by Gasteiger charge is -2.19. The van der Waals surface area contributed by atoms with Crippen LogP contribution in [0.3, 0.4) is 0 Å². The quantitative estimate of drug-likeness (QED) is 0.808. The van der Waals surface area contributed by atoms with Gasteiger partial charge in [0.05, 0.1) is 0 Å². The van der Waals surface area contributed by atoms with Crippen LogP contribution in [0.4, 0.5) is 5.69 Å². The molecule has 0 saturated heterocycles. The van der Waals surface area contributed by atoms with Gasteiger partial charge in [0, 0.05) is 10.7 Å². The first-order chi connectivity index (χ1) is 11.0. The van der Waals surface area contributed by atoms with E-state index >= 15 is 0 Å². The molecule has 2 aromatic rings. The lowest BCUT2D eigenvalue weighted by molar-refractivity contribution is -0.122. The molecule has 0 heterocycles. The van der Waals surface area contributed by atoms with Crippen LogP contribution in [0.5, 0.6) is 5.75 Å². The highest BCUT2D eigenvalue weighted by atomic mass is 35.5. The van der Waals surface area contributed by atoms with Gasteiger partial charge in [-0.3, -0.25) is 4.79 Å². The molecule has 2 aromatic carbocycles. The third-order valence-corrected chi connectivity index (χ3v) is 3.96. The number of halogens is 1. The SMILES string of the molecule is CCc1cccc(C)c1NC(=O)[C@@H](CC)Oc1cccc(Cl)c1. The molecule has 4 heteroatoms. The zero-order valence-electron chi connectivity index (χ0n) is 13.7. The van der Waals surface area contributed by atoms with Crippen molar-refractivity contribution in [3.05, 3.63) is 58.6 Å². The summed E-state index contributed by atoms with van der Waals surface area (Å²) in [5.41, 5.74) is 3.06. The van der Waals surface area contributed by atoms with Crippen LogP contribution in [0.2, 0.25) is 5.02 Å². The normalized spacial score (nSPS) is 11.8. The summed E-state index contributed by atoms with van der Waals surface area (Å²) >= 11 is 5.96. The van der Waals surface area contributed by atoms with Gasteiger partial charge in [0.15, 0.2) is 6.10 Å². The summed E-state index contributed by atoms with van der Waals surface area (Å²) in [4.78, 5) is 12.6. The van der Waals surface area contributed by atoms with Crippen molar-refractivity contribution < 1.29 is 9.53 Å². The van der Waals surface area contributed by atoms with Crippen LogP contribution in [0.15, 0.2) is 42.5 Å². The molecule has 0 aromatic heterocycles. The molecule has 3 nitrogen and oxygen atoms in total. The Hall–Kier alpha value is -2.00. The standard InChI is InChI=1S/C19H22ClNO2/c1-4-14-9-6-8-13(3)18(14)21-19(22)17(5-2)23-16-11-7-10-15(20)12-16/h6-12,17H,4-5H2,1-3H3,(H,21,22)/t17-/m1/s1. The fourth-order valence-corrected chi connectivity index (χ4v) is 2.61. The third-order valence-electron chi connectivity index (χ3n) is 3.73. The smallest absolute Gasteiger partial charge is 0.265 e. The topological polar surface area (TPSA) is 38.3 Å². The summed E-state index contributed by atoms with van der Waals surface area (Å²) in [6.07, 6.45) is 0.882. The van der Waals surface area contributed by atoms with Crippen molar-refractivity contribution in [1.82, 2.24) is 0 Å². The Balaban J connectivity index is 2.15. The maximum atomic E-state index is 12.6. The van der Waals surface area contributed by atoms with Gasteiger partial charge in [0.1, 0.15) is 5.75 Å². The van der Waals surface area contributed by atoms with E-state index in [2.05, 4.69) is 12.2 Å². The molecule has 0 spiro atoms. The number of hydrogen-bond donors (Lipinski definition) is 1. The van der Waals surface area contributed by atoms with Crippen LogP contribution in [0.1, 0.15) is 31.4 Å². The Kier molecular flexibility index (Phi) is 6.05. The van der Waals surface area contributed by atoms with Crippen molar-refractivity contribution in [2.24, 2.45) is 0 Å². The Morgan fingerprint density at radius 1 is 1.22 bits per heavy atom. The molecule has 1 amide bonds. The number of anilines is 1. The molecule has 0 saturated carbocycles. The second kappa shape index (κ2) is 8.02. The molecule has 1 atom stereocenters. The highest BCUT2D eigenvalue weighted by Crippen LogP contribution is 2.23. The average molecular weight is 332 g/mol. The van der Waals surface area contributed by atoms with Gasteiger partial charge in [-0.1, -0.05) is 49.7 Å². The molecule has 0 aliphatic rings. The highest BCUT2D eigenvalue weighted by molar-refractivity contribution is 6.30. The van der Waals surface area contributed by atoms with Crippen molar-refractivity contribution in [3.8, 4) is 5.75 Å². The van der Waals surface area contributed by atoms with E-state index in [1.165, 1.54) is 0 Å². The molecular formula is C19H22ClNO2. The minimum absolute atomic E-state index is 0.142. The van der Waals surface area contributed by atoms with E-state index in [1.807, 2.05) is 32.0 Å². The molecule has 122 valence electrons. The van der Waals surface area contributed by atoms with Crippen molar-refractivity contribution in [2.75, 3.05) is 5.32 Å². The monoisotopic (exact) mass is 331 g/mol. The van der Waals surface area contributed by atoms with Crippen molar-refractivity contribution in [1.29, 1.82) is 0 Å². The summed E-state index contributed by atoms with van der Waals surface area (Å²) in [5.74, 6) is 0.455. The highest BCUT2D eigenvalue weighted by Gasteiger charge is 2.20. The number of amides is 1. The van der Waals surface area contributed by atoms with Gasteiger partial charge in [-0.2, -0.15) is 0 Å². The molecule has 0 aliphatic carbocycles. The molecule has 23 heavy (non-hydrogen) atoms. The van der Waals surface area contributed by atoms with E-state index < -0.39 is 6.10 Å². The number of nitrogens with one attached hydrogen (secondary N) is 1. The zero-order valence-corrected chi connectivity index (χ0v) is 14.5. The van der Waals surface area contributed by atoms with E-state index in [-0.39, 0.29) is 5.91 Å². The number of carbonyl (C=O) groups excluding carboxylic acids is 1. The first kappa shape index (κ1) is 17.4. The van der Waals surface area contributed by atoms with E-state index in [4.69, 9.17) is 16.3 Å². The van der Waals surface area contributed by atoms with Gasteiger partial charge in [0.25, 0.3) is 5.91 Å². The number of carbonyl (C=O) groups is 1. The minimum Gasteiger partial charge on any atom is -0.481 e. The second-order valence-corrected chi connectivity index (χ2v) is 5.86. The minimum atomic E-state index is -0.558. The average Bonchev–Trinajstić information content (AvgIpc) is 2.54. The van der Waals surface area contributed by atoms with E-state index in [0.29, 0.717) is 17.2 Å². The fraction of sp³-hybridized carbons (Fsp3) is 0.316. The molecule has 0 radical (unpaired) electrons. The van der Waals surface area contributed by atoms with Crippen LogP contribution < -0.4 is 10.1 Å². The fourth-order valence-electron chi connectivity index (χ4n) is 2.43. The van der Waals surface area contributed by atoms with Crippen LogP contribution >= 0.6 is 11.6 Å². The Labute approximate surface area is 142 Å². The van der Waals surface area contributed by atoms with Crippen molar-refractivity contribution in [2.45, 2.75) is 39.7 Å². The summed E-state index contributed by atoms with van der Waals surface area (Å²) < 4.78 is 5.80. The molecule has 1 N–H and O–H groups in total. The van der Waals surface area contributed by atoms with Gasteiger partial charge >= 0.3 is 0 Å². The summed E-state index contributed by atoms with van der Waals surface area (Å²) in [6.45, 7) is 5.99. The molecule has 0 aliphatic heterocycles. The molecule has 0 unspecified atom stereocenters. The third kappa shape index (κ3) is 4.49. The lowest BCUT2D eigenvalue weighted by Crippen LogP contribution is -2.33. The second-order valence-electron chi connectivity index (χ2n) is 5.42. The van der Waals surface area contributed by atoms with Crippen LogP contribution in [-0.4, -0.2) is 12.0 Å². The lowest BCUT2D eigenvalue weighted by atomic mass is 10.1. The number of hydrogen-bond acceptors (Lipinski definition) is 2. The Morgan fingerprint density at radius 2 is 1.96 bits per heavy atom. The van der Waals surface area contributed by atoms with Gasteiger partial charge in [-0.05, 0) is 49.1 Å². The van der Waals surface area contributed by atoms with Crippen molar-refractivity contribution in [3.63, 3.8) is 0 Å². The number of benzene rings is 2. The largest absolute Gasteiger partial charge is 0.481 e. The van der Waals surface area contributed by atoms with Gasteiger partial charge in [-0.25, -0.2) is 0 Å². The van der Waals surface area contributed by atoms with Crippen LogP contribution in [-0.2, 0) is 11.2 Å². The zero-order chi connectivity index (χ0) is 16.8. The maximum Gasteiger partial charge on any atom is 0.265 e. The maximum absolute atomic E-state index is 12.6. The van der Waals surface area contributed by atoms with Gasteiger partial charge in [0.2, 0.25) is 0 Å². The number of ether oxygens (including phenoxy) is 1. The number of rotatable bonds is 6. The number of aryl methyl sites for hydroxylation is 2. The molecular weight excluding hydrogens is 310 g/mol. The first-order valence-electron chi connectivity index (χ1n) is 7.86. The Morgan fingerprint density at radius 3 is 2.61 bits per heavy atom. The van der Waals surface area contributed by atoms with E-state index in [0.717, 1.165) is 23.2 Å². The Bertz CT molecular complexity index is 685. The molecule has 0 fully saturated rings. The first-order valence-corrected chi connectivity index (χ1v) is 8.24. The van der Waals surface area contributed by atoms with Gasteiger partial charge in [-0.15, -0.1) is 0 Å². The predicted octanol–water partition coefficient (Wildman–Crippen LogP) is 5.01. The summed E-state index contributed by atoms with van der Waals surface area (Å²) in [7, 11) is 0. The predicted molar refractivity (Wildman–Crippen MR) is 95.3 cm³/mol. The number of para-hydroxylation sites is 1. The van der Waals surface area contributed by atoms with Crippen LogP contribution in [0.25, 0.3) is 0 Å². The van der Waals surface area contributed by atoms with Crippen molar-refractivity contribution >= 4 is 23.2 Å². The molecule has 0 bridgehead atoms. The van der Waals surface area contributed by atoms with E-state index in [9.17, 15) is 4.79 Å². The van der Waals surface area contributed by atoms with E-state index in [1.54, 1.807) is 24.3 Å². The molecule has 2 rings (SSSR count). The van der Waals surface area contributed by atoms with Gasteiger partial charge < -0.3 is 10.1 Å². The summed E-state index contributed by atoms with van der Waals surface area (Å²) in [5, 5.41) is 3.61. The van der Waals surface area contributed by atoms with Crippen LogP contribution in [0, 0.1) is 6.92 Å². The summed E-state index contributed by atoms with van der Waals surface area (Å²) in [6, 6.07) is 13.1.